The molecule has 21 heavy (non-hydrogen) atoms. The summed E-state index contributed by atoms with van der Waals surface area (Å²) in [7, 11) is 0. The van der Waals surface area contributed by atoms with Crippen LogP contribution in [0.15, 0.2) is 39.2 Å². The number of benzene rings is 1. The highest BCUT2D eigenvalue weighted by Crippen LogP contribution is 2.33. The van der Waals surface area contributed by atoms with Gasteiger partial charge in [0.15, 0.2) is 6.10 Å². The van der Waals surface area contributed by atoms with Crippen LogP contribution in [0, 0.1) is 6.92 Å². The van der Waals surface area contributed by atoms with Crippen LogP contribution in [0.4, 0.5) is 0 Å². The van der Waals surface area contributed by atoms with Crippen LogP contribution in [-0.4, -0.2) is 6.04 Å². The molecule has 0 saturated heterocycles. The minimum Gasteiger partial charge on any atom is -0.481 e. The number of hydrogen-bond acceptors (Lipinski definition) is 3. The summed E-state index contributed by atoms with van der Waals surface area (Å²) in [4.78, 5) is 0. The lowest BCUT2D eigenvalue weighted by Gasteiger charge is -2.23. The first-order chi connectivity index (χ1) is 9.88. The molecular weight excluding hydrogens is 330 g/mol. The highest BCUT2D eigenvalue weighted by molar-refractivity contribution is 9.10. The van der Waals surface area contributed by atoms with Crippen molar-refractivity contribution in [2.24, 2.45) is 5.73 Å². The van der Waals surface area contributed by atoms with Crippen LogP contribution >= 0.6 is 15.9 Å². The van der Waals surface area contributed by atoms with E-state index in [1.54, 1.807) is 0 Å². The van der Waals surface area contributed by atoms with E-state index in [2.05, 4.69) is 35.8 Å². The average molecular weight is 352 g/mol. The van der Waals surface area contributed by atoms with Crippen LogP contribution in [-0.2, 0) is 0 Å². The van der Waals surface area contributed by atoms with Crippen LogP contribution < -0.4 is 10.5 Å². The van der Waals surface area contributed by atoms with Gasteiger partial charge in [-0.2, -0.15) is 0 Å². The van der Waals surface area contributed by atoms with E-state index in [0.717, 1.165) is 27.3 Å². The number of furan rings is 1. The molecule has 0 fully saturated rings. The van der Waals surface area contributed by atoms with E-state index < -0.39 is 0 Å². The van der Waals surface area contributed by atoms with Gasteiger partial charge in [0.2, 0.25) is 0 Å². The number of ether oxygens (including phenoxy) is 1. The Bertz CT molecular complexity index is 605. The minimum atomic E-state index is -0.294. The van der Waals surface area contributed by atoms with Crippen LogP contribution in [0.2, 0.25) is 0 Å². The molecule has 0 saturated carbocycles. The Morgan fingerprint density at radius 3 is 2.38 bits per heavy atom. The largest absolute Gasteiger partial charge is 0.481 e. The Labute approximate surface area is 134 Å². The first-order valence-corrected chi connectivity index (χ1v) is 7.95. The molecule has 2 aromatic rings. The lowest BCUT2D eigenvalue weighted by molar-refractivity contribution is 0.150. The van der Waals surface area contributed by atoms with Crippen LogP contribution in [0.1, 0.15) is 49.9 Å². The Kier molecular flexibility index (Phi) is 5.12. The van der Waals surface area contributed by atoms with Gasteiger partial charge in [-0.05, 0) is 55.7 Å². The van der Waals surface area contributed by atoms with E-state index in [4.69, 9.17) is 14.9 Å². The second kappa shape index (κ2) is 6.67. The van der Waals surface area contributed by atoms with Gasteiger partial charge in [-0.25, -0.2) is 0 Å². The first kappa shape index (κ1) is 16.1. The van der Waals surface area contributed by atoms with Gasteiger partial charge in [0.25, 0.3) is 0 Å². The molecule has 0 aliphatic heterocycles. The number of halogens is 1. The van der Waals surface area contributed by atoms with Crippen molar-refractivity contribution in [3.8, 4) is 5.75 Å². The molecule has 0 aliphatic rings. The SMILES string of the molecule is Cc1ccc(C(Oc2ccc(Br)cc2C(C)C)C(C)N)o1. The van der Waals surface area contributed by atoms with Crippen molar-refractivity contribution < 1.29 is 9.15 Å². The fraction of sp³-hybridized carbons (Fsp3) is 0.412. The van der Waals surface area contributed by atoms with E-state index in [1.165, 1.54) is 0 Å². The maximum atomic E-state index is 6.18. The smallest absolute Gasteiger partial charge is 0.171 e. The molecule has 2 atom stereocenters. The van der Waals surface area contributed by atoms with Gasteiger partial charge < -0.3 is 14.9 Å². The number of aryl methyl sites for hydroxylation is 1. The van der Waals surface area contributed by atoms with Crippen LogP contribution in [0.3, 0.4) is 0 Å². The fourth-order valence-electron chi connectivity index (χ4n) is 2.25. The third kappa shape index (κ3) is 3.89. The number of rotatable bonds is 5. The molecule has 1 aromatic heterocycles. The van der Waals surface area contributed by atoms with Gasteiger partial charge in [-0.15, -0.1) is 0 Å². The zero-order valence-corrected chi connectivity index (χ0v) is 14.5. The molecule has 1 heterocycles. The van der Waals surface area contributed by atoms with E-state index in [1.807, 2.05) is 38.1 Å². The van der Waals surface area contributed by atoms with E-state index in [0.29, 0.717) is 5.92 Å². The molecule has 1 aromatic carbocycles. The third-order valence-electron chi connectivity index (χ3n) is 3.37. The molecule has 2 rings (SSSR count). The van der Waals surface area contributed by atoms with Crippen molar-refractivity contribution in [1.82, 2.24) is 0 Å². The molecule has 3 nitrogen and oxygen atoms in total. The Morgan fingerprint density at radius 2 is 1.86 bits per heavy atom. The topological polar surface area (TPSA) is 48.4 Å². The summed E-state index contributed by atoms with van der Waals surface area (Å²) in [6, 6.07) is 9.73. The predicted octanol–water partition coefficient (Wildman–Crippen LogP) is 4.94. The fourth-order valence-corrected chi connectivity index (χ4v) is 2.62. The monoisotopic (exact) mass is 351 g/mol. The zero-order chi connectivity index (χ0) is 15.6. The number of hydrogen-bond donors (Lipinski definition) is 1. The molecule has 2 N–H and O–H groups in total. The molecule has 0 bridgehead atoms. The lowest BCUT2D eigenvalue weighted by atomic mass is 10.0. The van der Waals surface area contributed by atoms with Gasteiger partial charge in [0.1, 0.15) is 17.3 Å². The zero-order valence-electron chi connectivity index (χ0n) is 12.9. The number of nitrogens with two attached hydrogens (primary N) is 1. The quantitative estimate of drug-likeness (QED) is 0.829. The van der Waals surface area contributed by atoms with Crippen molar-refractivity contribution in [2.45, 2.75) is 45.8 Å². The molecule has 2 unspecified atom stereocenters. The lowest BCUT2D eigenvalue weighted by Crippen LogP contribution is -2.29. The average Bonchev–Trinajstić information content (AvgIpc) is 2.83. The molecule has 114 valence electrons. The summed E-state index contributed by atoms with van der Waals surface area (Å²) in [5, 5.41) is 0. The third-order valence-corrected chi connectivity index (χ3v) is 3.86. The summed E-state index contributed by atoms with van der Waals surface area (Å²) >= 11 is 3.51. The molecule has 0 aliphatic carbocycles. The maximum absolute atomic E-state index is 6.18. The van der Waals surface area contributed by atoms with Crippen molar-refractivity contribution in [3.05, 3.63) is 51.9 Å². The Morgan fingerprint density at radius 1 is 1.14 bits per heavy atom. The maximum Gasteiger partial charge on any atom is 0.171 e. The van der Waals surface area contributed by atoms with Gasteiger partial charge in [-0.3, -0.25) is 0 Å². The van der Waals surface area contributed by atoms with Crippen LogP contribution in [0.25, 0.3) is 0 Å². The van der Waals surface area contributed by atoms with Crippen LogP contribution in [0.5, 0.6) is 5.75 Å². The summed E-state index contributed by atoms with van der Waals surface area (Å²) in [5.74, 6) is 2.84. The van der Waals surface area contributed by atoms with Gasteiger partial charge in [0, 0.05) is 10.5 Å². The normalized spacial score (nSPS) is 14.2. The molecule has 4 heteroatoms. The van der Waals surface area contributed by atoms with Gasteiger partial charge in [-0.1, -0.05) is 29.8 Å². The second-order valence-corrected chi connectivity index (χ2v) is 6.60. The highest BCUT2D eigenvalue weighted by Gasteiger charge is 2.23. The van der Waals surface area contributed by atoms with Crippen molar-refractivity contribution in [1.29, 1.82) is 0 Å². The van der Waals surface area contributed by atoms with E-state index in [-0.39, 0.29) is 12.1 Å². The Hall–Kier alpha value is -1.26. The summed E-state index contributed by atoms with van der Waals surface area (Å²) in [6.07, 6.45) is -0.294. The second-order valence-electron chi connectivity index (χ2n) is 5.68. The molecule has 0 spiro atoms. The molecule has 0 amide bonds. The summed E-state index contributed by atoms with van der Waals surface area (Å²) in [6.45, 7) is 8.14. The van der Waals surface area contributed by atoms with E-state index >= 15 is 0 Å². The summed E-state index contributed by atoms with van der Waals surface area (Å²) in [5.41, 5.74) is 7.24. The van der Waals surface area contributed by atoms with Crippen molar-refractivity contribution >= 4 is 15.9 Å². The predicted molar refractivity (Wildman–Crippen MR) is 88.7 cm³/mol. The summed E-state index contributed by atoms with van der Waals surface area (Å²) < 4.78 is 12.9. The van der Waals surface area contributed by atoms with Crippen molar-refractivity contribution in [2.75, 3.05) is 0 Å². The first-order valence-electron chi connectivity index (χ1n) is 7.16. The minimum absolute atomic E-state index is 0.167. The van der Waals surface area contributed by atoms with Gasteiger partial charge >= 0.3 is 0 Å². The highest BCUT2D eigenvalue weighted by atomic mass is 79.9. The Balaban J connectivity index is 2.33. The molecular formula is C17H22BrNO2. The van der Waals surface area contributed by atoms with E-state index in [9.17, 15) is 0 Å². The van der Waals surface area contributed by atoms with Gasteiger partial charge in [0.05, 0.1) is 0 Å². The van der Waals surface area contributed by atoms with Crippen molar-refractivity contribution in [3.63, 3.8) is 0 Å². The molecule has 0 radical (unpaired) electrons. The standard InChI is InChI=1S/C17H22BrNO2/c1-10(2)14-9-13(18)6-8-15(14)21-17(12(4)19)16-7-5-11(3)20-16/h5-10,12,17H,19H2,1-4H3.